The summed E-state index contributed by atoms with van der Waals surface area (Å²) in [6.07, 6.45) is 3.03. The van der Waals surface area contributed by atoms with E-state index in [2.05, 4.69) is 14.8 Å². The lowest BCUT2D eigenvalue weighted by Gasteiger charge is -2.23. The third-order valence-electron chi connectivity index (χ3n) is 4.16. The Kier molecular flexibility index (Phi) is 3.87. The first-order valence-electron chi connectivity index (χ1n) is 7.54. The smallest absolute Gasteiger partial charge is 0.242 e. The summed E-state index contributed by atoms with van der Waals surface area (Å²) in [6, 6.07) is 4.97. The Labute approximate surface area is 148 Å². The molecule has 4 rings (SSSR count). The molecule has 0 bridgehead atoms. The van der Waals surface area contributed by atoms with Gasteiger partial charge in [-0.3, -0.25) is 0 Å². The van der Waals surface area contributed by atoms with Gasteiger partial charge in [0.15, 0.2) is 0 Å². The number of hydrogen-bond acceptors (Lipinski definition) is 5. The normalized spacial score (nSPS) is 18.0. The first-order valence-corrected chi connectivity index (χ1v) is 10.2. The van der Waals surface area contributed by atoms with E-state index in [-0.39, 0.29) is 6.04 Å². The molecule has 0 fully saturated rings. The Balaban J connectivity index is 1.77. The minimum Gasteiger partial charge on any atom is -0.248 e. The van der Waals surface area contributed by atoms with Gasteiger partial charge >= 0.3 is 0 Å². The van der Waals surface area contributed by atoms with Crippen molar-refractivity contribution in [1.82, 2.24) is 19.5 Å². The number of sulfonamides is 1. The van der Waals surface area contributed by atoms with E-state index in [9.17, 15) is 8.42 Å². The molecule has 3 aromatic rings. The summed E-state index contributed by atoms with van der Waals surface area (Å²) in [6.45, 7) is 2.58. The average molecular weight is 383 g/mol. The van der Waals surface area contributed by atoms with Gasteiger partial charge in [-0.15, -0.1) is 11.3 Å². The van der Waals surface area contributed by atoms with Crippen LogP contribution in [0.1, 0.15) is 29.6 Å². The predicted octanol–water partition coefficient (Wildman–Crippen LogP) is 3.27. The topological polar surface area (TPSA) is 76.9 Å². The highest BCUT2D eigenvalue weighted by Crippen LogP contribution is 2.36. The van der Waals surface area contributed by atoms with Gasteiger partial charge in [0.25, 0.3) is 0 Å². The maximum absolute atomic E-state index is 13.0. The first-order chi connectivity index (χ1) is 11.5. The molecule has 126 valence electrons. The summed E-state index contributed by atoms with van der Waals surface area (Å²) in [5, 5.41) is 5.32. The molecule has 1 unspecified atom stereocenters. The van der Waals surface area contributed by atoms with Gasteiger partial charge in [-0.2, -0.15) is 5.10 Å². The Bertz CT molecular complexity index is 1030. The number of rotatable bonds is 3. The molecule has 1 aromatic carbocycles. The molecule has 0 saturated heterocycles. The summed E-state index contributed by atoms with van der Waals surface area (Å²) in [4.78, 5) is 5.26. The van der Waals surface area contributed by atoms with Crippen molar-refractivity contribution in [1.29, 1.82) is 0 Å². The highest BCUT2D eigenvalue weighted by molar-refractivity contribution is 7.90. The maximum Gasteiger partial charge on any atom is 0.242 e. The van der Waals surface area contributed by atoms with Crippen LogP contribution < -0.4 is 4.72 Å². The summed E-state index contributed by atoms with van der Waals surface area (Å²) in [5.74, 6) is 0.667. The third-order valence-corrected chi connectivity index (χ3v) is 7.26. The summed E-state index contributed by atoms with van der Waals surface area (Å²) < 4.78 is 31.5. The van der Waals surface area contributed by atoms with Gasteiger partial charge in [0.2, 0.25) is 10.0 Å². The minimum absolute atomic E-state index is 0.307. The second kappa shape index (κ2) is 5.80. The van der Waals surface area contributed by atoms with Crippen molar-refractivity contribution in [3.05, 3.63) is 40.3 Å². The van der Waals surface area contributed by atoms with Crippen LogP contribution >= 0.6 is 22.9 Å². The Morgan fingerprint density at radius 2 is 2.25 bits per heavy atom. The van der Waals surface area contributed by atoms with Crippen molar-refractivity contribution in [3.63, 3.8) is 0 Å². The van der Waals surface area contributed by atoms with Crippen LogP contribution in [-0.2, 0) is 16.6 Å². The Morgan fingerprint density at radius 1 is 1.42 bits per heavy atom. The molecule has 0 amide bonds. The zero-order valence-corrected chi connectivity index (χ0v) is 15.2. The molecule has 0 saturated carbocycles. The van der Waals surface area contributed by atoms with Crippen molar-refractivity contribution in [2.75, 3.05) is 0 Å². The molecule has 2 aromatic heterocycles. The van der Waals surface area contributed by atoms with E-state index in [0.29, 0.717) is 27.5 Å². The van der Waals surface area contributed by atoms with Crippen LogP contribution in [0.4, 0.5) is 0 Å². The lowest BCUT2D eigenvalue weighted by atomic mass is 10.1. The van der Waals surface area contributed by atoms with Crippen LogP contribution in [0, 0.1) is 6.92 Å². The Morgan fingerprint density at radius 3 is 3.08 bits per heavy atom. The van der Waals surface area contributed by atoms with Crippen LogP contribution in [0.25, 0.3) is 10.1 Å². The number of aryl methyl sites for hydroxylation is 2. The molecule has 0 aliphatic carbocycles. The van der Waals surface area contributed by atoms with Gasteiger partial charge in [-0.25, -0.2) is 22.8 Å². The van der Waals surface area contributed by atoms with Crippen LogP contribution in [0.3, 0.4) is 0 Å². The monoisotopic (exact) mass is 382 g/mol. The number of nitrogens with zero attached hydrogens (tertiary/aromatic N) is 3. The second-order valence-electron chi connectivity index (χ2n) is 5.79. The molecule has 0 radical (unpaired) electrons. The molecule has 1 atom stereocenters. The molecule has 24 heavy (non-hydrogen) atoms. The standard InChI is InChI=1S/C15H15ClN4O2S2/c1-9-14(11-7-10(16)4-5-13(11)23-9)24(21,22)19-12-3-2-6-20-15(12)17-8-18-20/h4-5,7-8,12,19H,2-3,6H2,1H3. The minimum atomic E-state index is -3.69. The van der Waals surface area contributed by atoms with Gasteiger partial charge in [0, 0.05) is 26.5 Å². The van der Waals surface area contributed by atoms with E-state index >= 15 is 0 Å². The molecule has 1 aliphatic rings. The molecule has 1 N–H and O–H groups in total. The maximum atomic E-state index is 13.0. The van der Waals surface area contributed by atoms with Gasteiger partial charge in [0.05, 0.1) is 6.04 Å². The predicted molar refractivity (Wildman–Crippen MR) is 93.9 cm³/mol. The molecular weight excluding hydrogens is 368 g/mol. The summed E-state index contributed by atoms with van der Waals surface area (Å²) >= 11 is 7.51. The third kappa shape index (κ3) is 2.63. The molecule has 0 spiro atoms. The molecule has 9 heteroatoms. The van der Waals surface area contributed by atoms with E-state index in [1.54, 1.807) is 16.8 Å². The van der Waals surface area contributed by atoms with Crippen molar-refractivity contribution in [3.8, 4) is 0 Å². The molecule has 6 nitrogen and oxygen atoms in total. The fourth-order valence-corrected chi connectivity index (χ4v) is 6.33. The number of benzene rings is 1. The number of fused-ring (bicyclic) bond motifs is 2. The van der Waals surface area contributed by atoms with Crippen LogP contribution in [0.15, 0.2) is 29.4 Å². The van der Waals surface area contributed by atoms with Crippen molar-refractivity contribution in [2.45, 2.75) is 37.2 Å². The number of nitrogens with one attached hydrogen (secondary N) is 1. The SMILES string of the molecule is Cc1sc2ccc(Cl)cc2c1S(=O)(=O)NC1CCCn2ncnc21. The van der Waals surface area contributed by atoms with Crippen molar-refractivity contribution in [2.24, 2.45) is 0 Å². The van der Waals surface area contributed by atoms with E-state index in [1.807, 2.05) is 13.0 Å². The fourth-order valence-electron chi connectivity index (χ4n) is 3.15. The average Bonchev–Trinajstić information content (AvgIpc) is 3.10. The highest BCUT2D eigenvalue weighted by atomic mass is 35.5. The summed E-state index contributed by atoms with van der Waals surface area (Å²) in [7, 11) is -3.69. The largest absolute Gasteiger partial charge is 0.248 e. The molecule has 3 heterocycles. The second-order valence-corrected chi connectivity index (χ2v) is 9.13. The summed E-state index contributed by atoms with van der Waals surface area (Å²) in [5.41, 5.74) is 0. The van der Waals surface area contributed by atoms with Gasteiger partial charge in [0.1, 0.15) is 17.0 Å². The number of halogens is 1. The molecule has 1 aliphatic heterocycles. The molecular formula is C15H15ClN4O2S2. The first kappa shape index (κ1) is 16.0. The lowest BCUT2D eigenvalue weighted by molar-refractivity contribution is 0.400. The Hall–Kier alpha value is -1.48. The van der Waals surface area contributed by atoms with Crippen molar-refractivity contribution < 1.29 is 8.42 Å². The highest BCUT2D eigenvalue weighted by Gasteiger charge is 2.30. The van der Waals surface area contributed by atoms with E-state index in [4.69, 9.17) is 11.6 Å². The lowest BCUT2D eigenvalue weighted by Crippen LogP contribution is -2.33. The van der Waals surface area contributed by atoms with E-state index < -0.39 is 10.0 Å². The van der Waals surface area contributed by atoms with E-state index in [1.165, 1.54) is 17.7 Å². The van der Waals surface area contributed by atoms with E-state index in [0.717, 1.165) is 22.5 Å². The van der Waals surface area contributed by atoms with Crippen LogP contribution in [-0.4, -0.2) is 23.2 Å². The van der Waals surface area contributed by atoms with Gasteiger partial charge < -0.3 is 0 Å². The van der Waals surface area contributed by atoms with Gasteiger partial charge in [-0.05, 0) is 38.0 Å². The number of thiophene rings is 1. The number of hydrogen-bond donors (Lipinski definition) is 1. The fraction of sp³-hybridized carbons (Fsp3) is 0.333. The zero-order valence-electron chi connectivity index (χ0n) is 12.9. The van der Waals surface area contributed by atoms with Crippen molar-refractivity contribution >= 4 is 43.0 Å². The van der Waals surface area contributed by atoms with Crippen LogP contribution in [0.5, 0.6) is 0 Å². The quantitative estimate of drug-likeness (QED) is 0.754. The van der Waals surface area contributed by atoms with Gasteiger partial charge in [-0.1, -0.05) is 11.6 Å². The number of aromatic nitrogens is 3. The van der Waals surface area contributed by atoms with Crippen LogP contribution in [0.2, 0.25) is 5.02 Å². The zero-order chi connectivity index (χ0) is 16.9.